The van der Waals surface area contributed by atoms with Crippen LogP contribution in [0.1, 0.15) is 11.3 Å². The van der Waals surface area contributed by atoms with Gasteiger partial charge in [0.05, 0.1) is 40.4 Å². The summed E-state index contributed by atoms with van der Waals surface area (Å²) in [5.41, 5.74) is 4.74. The quantitative estimate of drug-likeness (QED) is 0.248. The Bertz CT molecular complexity index is 1580. The van der Waals surface area contributed by atoms with Crippen molar-refractivity contribution in [1.82, 2.24) is 19.5 Å². The number of aromatic nitrogens is 4. The number of nitrogens with one attached hydrogen (secondary N) is 2. The second-order valence-corrected chi connectivity index (χ2v) is 8.86. The monoisotopic (exact) mass is 547 g/mol. The Labute approximate surface area is 213 Å². The number of fused-ring (bicyclic) bond motifs is 1. The number of halogens is 3. The SMILES string of the molecule is N#Cc1cnc2c(Br)cc(NCc3cn(-c4ccncc4)cn3)cc2c1Nc1ccc(F)c(Cl)c1. The summed E-state index contributed by atoms with van der Waals surface area (Å²) in [6.07, 6.45) is 8.66. The number of rotatable bonds is 6. The minimum absolute atomic E-state index is 0.0124. The number of hydrogen-bond acceptors (Lipinski definition) is 6. The molecule has 0 saturated carbocycles. The molecule has 0 aliphatic heterocycles. The zero-order valence-electron chi connectivity index (χ0n) is 18.0. The van der Waals surface area contributed by atoms with E-state index in [1.807, 2.05) is 35.0 Å². The van der Waals surface area contributed by atoms with E-state index in [-0.39, 0.29) is 5.02 Å². The number of hydrogen-bond donors (Lipinski definition) is 2. The third kappa shape index (κ3) is 4.80. The molecule has 0 unspecified atom stereocenters. The average molecular weight is 549 g/mol. The molecule has 172 valence electrons. The van der Waals surface area contributed by atoms with Crippen molar-refractivity contribution in [3.05, 3.63) is 100 Å². The zero-order chi connectivity index (χ0) is 24.4. The van der Waals surface area contributed by atoms with Crippen molar-refractivity contribution in [1.29, 1.82) is 5.26 Å². The largest absolute Gasteiger partial charge is 0.379 e. The molecule has 3 heterocycles. The summed E-state index contributed by atoms with van der Waals surface area (Å²) >= 11 is 9.53. The highest BCUT2D eigenvalue weighted by atomic mass is 79.9. The van der Waals surface area contributed by atoms with Gasteiger partial charge in [0.2, 0.25) is 0 Å². The molecule has 5 aromatic rings. The molecule has 0 atom stereocenters. The van der Waals surface area contributed by atoms with E-state index in [1.165, 1.54) is 18.3 Å². The van der Waals surface area contributed by atoms with Gasteiger partial charge in [-0.1, -0.05) is 11.6 Å². The summed E-state index contributed by atoms with van der Waals surface area (Å²) in [4.78, 5) is 12.9. The smallest absolute Gasteiger partial charge is 0.141 e. The molecule has 2 N–H and O–H groups in total. The van der Waals surface area contributed by atoms with Crippen molar-refractivity contribution < 1.29 is 4.39 Å². The number of imidazole rings is 1. The predicted octanol–water partition coefficient (Wildman–Crippen LogP) is 6.60. The molecule has 0 fully saturated rings. The van der Waals surface area contributed by atoms with Gasteiger partial charge in [0.1, 0.15) is 11.9 Å². The van der Waals surface area contributed by atoms with Crippen LogP contribution in [0.3, 0.4) is 0 Å². The minimum atomic E-state index is -0.516. The van der Waals surface area contributed by atoms with Crippen molar-refractivity contribution >= 4 is 55.5 Å². The molecule has 0 aliphatic rings. The van der Waals surface area contributed by atoms with Gasteiger partial charge in [0, 0.05) is 51.7 Å². The van der Waals surface area contributed by atoms with Crippen molar-refractivity contribution in [3.63, 3.8) is 0 Å². The van der Waals surface area contributed by atoms with Crippen LogP contribution < -0.4 is 10.6 Å². The van der Waals surface area contributed by atoms with Gasteiger partial charge in [-0.25, -0.2) is 9.37 Å². The second-order valence-electron chi connectivity index (χ2n) is 7.60. The molecule has 0 aliphatic carbocycles. The molecule has 0 saturated heterocycles. The molecule has 35 heavy (non-hydrogen) atoms. The Morgan fingerprint density at radius 3 is 2.69 bits per heavy atom. The molecular formula is C25H16BrClFN7. The number of nitriles is 1. The normalized spacial score (nSPS) is 10.8. The van der Waals surface area contributed by atoms with Gasteiger partial charge in [0.15, 0.2) is 0 Å². The van der Waals surface area contributed by atoms with Crippen LogP contribution in [-0.2, 0) is 6.54 Å². The maximum Gasteiger partial charge on any atom is 0.141 e. The van der Waals surface area contributed by atoms with Crippen LogP contribution in [0.5, 0.6) is 0 Å². The predicted molar refractivity (Wildman–Crippen MR) is 138 cm³/mol. The van der Waals surface area contributed by atoms with E-state index in [0.717, 1.165) is 21.5 Å². The maximum atomic E-state index is 13.6. The van der Waals surface area contributed by atoms with E-state index < -0.39 is 5.82 Å². The molecule has 0 bridgehead atoms. The van der Waals surface area contributed by atoms with E-state index in [9.17, 15) is 9.65 Å². The topological polar surface area (TPSA) is 91.5 Å². The molecule has 3 aromatic heterocycles. The number of pyridine rings is 2. The van der Waals surface area contributed by atoms with Crippen LogP contribution in [0.15, 0.2) is 78.1 Å². The van der Waals surface area contributed by atoms with Gasteiger partial charge < -0.3 is 15.2 Å². The minimum Gasteiger partial charge on any atom is -0.379 e. The Morgan fingerprint density at radius 1 is 1.09 bits per heavy atom. The van der Waals surface area contributed by atoms with Crippen LogP contribution in [0.4, 0.5) is 21.5 Å². The van der Waals surface area contributed by atoms with Gasteiger partial charge in [0.25, 0.3) is 0 Å². The van der Waals surface area contributed by atoms with E-state index in [0.29, 0.717) is 34.4 Å². The highest BCUT2D eigenvalue weighted by Gasteiger charge is 2.14. The molecule has 2 aromatic carbocycles. The third-order valence-electron chi connectivity index (χ3n) is 5.30. The Morgan fingerprint density at radius 2 is 1.91 bits per heavy atom. The lowest BCUT2D eigenvalue weighted by Gasteiger charge is -2.14. The van der Waals surface area contributed by atoms with Crippen LogP contribution in [-0.4, -0.2) is 19.5 Å². The lowest BCUT2D eigenvalue weighted by Crippen LogP contribution is -2.02. The van der Waals surface area contributed by atoms with Crippen LogP contribution in [0.25, 0.3) is 16.6 Å². The van der Waals surface area contributed by atoms with E-state index in [4.69, 9.17) is 11.6 Å². The molecule has 0 spiro atoms. The van der Waals surface area contributed by atoms with Crippen LogP contribution >= 0.6 is 27.5 Å². The molecule has 10 heteroatoms. The fourth-order valence-corrected chi connectivity index (χ4v) is 4.35. The fourth-order valence-electron chi connectivity index (χ4n) is 3.60. The highest BCUT2D eigenvalue weighted by molar-refractivity contribution is 9.10. The highest BCUT2D eigenvalue weighted by Crippen LogP contribution is 2.35. The van der Waals surface area contributed by atoms with E-state index in [2.05, 4.69) is 47.6 Å². The third-order valence-corrected chi connectivity index (χ3v) is 6.20. The summed E-state index contributed by atoms with van der Waals surface area (Å²) in [7, 11) is 0. The van der Waals surface area contributed by atoms with Gasteiger partial charge >= 0.3 is 0 Å². The Balaban J connectivity index is 1.46. The van der Waals surface area contributed by atoms with Crippen molar-refractivity contribution in [3.8, 4) is 11.8 Å². The van der Waals surface area contributed by atoms with Crippen LogP contribution in [0.2, 0.25) is 5.02 Å². The number of nitrogens with zero attached hydrogens (tertiary/aromatic N) is 5. The summed E-state index contributed by atoms with van der Waals surface area (Å²) in [6, 6.07) is 14.1. The Kier molecular flexibility index (Phi) is 6.31. The van der Waals surface area contributed by atoms with Crippen molar-refractivity contribution in [2.24, 2.45) is 0 Å². The van der Waals surface area contributed by atoms with Crippen LogP contribution in [0, 0.1) is 17.1 Å². The first-order valence-electron chi connectivity index (χ1n) is 10.4. The average Bonchev–Trinajstić information content (AvgIpc) is 3.35. The molecule has 0 radical (unpaired) electrons. The summed E-state index contributed by atoms with van der Waals surface area (Å²) in [5, 5.41) is 17.0. The first-order valence-corrected chi connectivity index (χ1v) is 11.6. The van der Waals surface area contributed by atoms with Gasteiger partial charge in [-0.3, -0.25) is 9.97 Å². The molecular weight excluding hydrogens is 533 g/mol. The fraction of sp³-hybridized carbons (Fsp3) is 0.0400. The first kappa shape index (κ1) is 22.8. The standard InChI is InChI=1S/C25H16BrClFN7/c26-21-8-17(31-12-18-13-35(14-33-18)19-3-5-30-6-4-19)7-20-24(15(10-29)11-32-25(20)21)34-16-1-2-23(28)22(27)9-16/h1-9,11,13-14,31H,12H2,(H,32,34). The molecule has 0 amide bonds. The first-order chi connectivity index (χ1) is 17.0. The lowest BCUT2D eigenvalue weighted by molar-refractivity contribution is 0.628. The summed E-state index contributed by atoms with van der Waals surface area (Å²) in [6.45, 7) is 0.484. The van der Waals surface area contributed by atoms with Crippen molar-refractivity contribution in [2.45, 2.75) is 6.54 Å². The Hall–Kier alpha value is -4.00. The summed E-state index contributed by atoms with van der Waals surface area (Å²) < 4.78 is 16.3. The van der Waals surface area contributed by atoms with Crippen molar-refractivity contribution in [2.75, 3.05) is 10.6 Å². The summed E-state index contributed by atoms with van der Waals surface area (Å²) in [5.74, 6) is -0.516. The van der Waals surface area contributed by atoms with E-state index >= 15 is 0 Å². The molecule has 5 rings (SSSR count). The number of benzene rings is 2. The van der Waals surface area contributed by atoms with Gasteiger partial charge in [-0.05, 0) is 58.4 Å². The number of anilines is 3. The van der Waals surface area contributed by atoms with Gasteiger partial charge in [-0.15, -0.1) is 0 Å². The lowest BCUT2D eigenvalue weighted by atomic mass is 10.1. The molecule has 7 nitrogen and oxygen atoms in total. The second kappa shape index (κ2) is 9.70. The zero-order valence-corrected chi connectivity index (χ0v) is 20.3. The van der Waals surface area contributed by atoms with Gasteiger partial charge in [-0.2, -0.15) is 5.26 Å². The van der Waals surface area contributed by atoms with E-state index in [1.54, 1.807) is 24.8 Å². The maximum absolute atomic E-state index is 13.6.